The van der Waals surface area contributed by atoms with Gasteiger partial charge >= 0.3 is 6.18 Å². The summed E-state index contributed by atoms with van der Waals surface area (Å²) >= 11 is 0. The highest BCUT2D eigenvalue weighted by Crippen LogP contribution is 2.52. The van der Waals surface area contributed by atoms with Crippen LogP contribution >= 0.6 is 0 Å². The van der Waals surface area contributed by atoms with Gasteiger partial charge in [0.15, 0.2) is 9.84 Å². The second kappa shape index (κ2) is 8.97. The number of hydrogen-bond donors (Lipinski definition) is 1. The fraction of sp³-hybridized carbons (Fsp3) is 0.739. The molecule has 4 aliphatic rings. The Labute approximate surface area is 202 Å². The second-order valence-corrected chi connectivity index (χ2v) is 12.4. The molecule has 1 aliphatic carbocycles. The van der Waals surface area contributed by atoms with E-state index in [9.17, 15) is 26.4 Å². The lowest BCUT2D eigenvalue weighted by molar-refractivity contribution is -0.142. The van der Waals surface area contributed by atoms with Crippen LogP contribution in [-0.2, 0) is 43.2 Å². The summed E-state index contributed by atoms with van der Waals surface area (Å²) in [4.78, 5) is 19.4. The molecule has 0 bridgehead atoms. The minimum Gasteiger partial charge on any atom is -0.379 e. The number of aromatic nitrogens is 1. The van der Waals surface area contributed by atoms with Crippen LogP contribution in [0.25, 0.3) is 0 Å². The van der Waals surface area contributed by atoms with E-state index in [0.29, 0.717) is 50.3 Å². The molecule has 194 valence electrons. The summed E-state index contributed by atoms with van der Waals surface area (Å²) in [5.74, 6) is -0.315. The van der Waals surface area contributed by atoms with Gasteiger partial charge in [-0.25, -0.2) is 8.42 Å². The van der Waals surface area contributed by atoms with Crippen LogP contribution in [0.5, 0.6) is 0 Å². The summed E-state index contributed by atoms with van der Waals surface area (Å²) in [6, 6.07) is 0.883. The van der Waals surface area contributed by atoms with Crippen molar-refractivity contribution in [1.29, 1.82) is 0 Å². The number of nitrogens with one attached hydrogen (secondary N) is 1. The normalized spacial score (nSPS) is 34.5. The van der Waals surface area contributed by atoms with Crippen molar-refractivity contribution in [1.82, 2.24) is 15.2 Å². The van der Waals surface area contributed by atoms with Gasteiger partial charge in [-0.1, -0.05) is 0 Å². The molecule has 3 aliphatic heterocycles. The van der Waals surface area contributed by atoms with Crippen LogP contribution in [0.3, 0.4) is 0 Å². The average molecular weight is 518 g/mol. The third-order valence-electron chi connectivity index (χ3n) is 8.13. The van der Waals surface area contributed by atoms with E-state index in [0.717, 1.165) is 18.7 Å². The molecule has 0 spiro atoms. The molecular weight excluding hydrogens is 487 g/mol. The predicted octanol–water partition coefficient (Wildman–Crippen LogP) is 1.71. The van der Waals surface area contributed by atoms with Crippen LogP contribution in [0, 0.1) is 5.41 Å². The highest BCUT2D eigenvalue weighted by atomic mass is 32.2. The second-order valence-electron chi connectivity index (χ2n) is 10.1. The van der Waals surface area contributed by atoms with Crippen molar-refractivity contribution in [2.24, 2.45) is 5.41 Å². The van der Waals surface area contributed by atoms with E-state index in [1.54, 1.807) is 7.11 Å². The number of sulfone groups is 1. The van der Waals surface area contributed by atoms with Gasteiger partial charge in [-0.2, -0.15) is 13.2 Å². The van der Waals surface area contributed by atoms with Crippen LogP contribution in [0.1, 0.15) is 42.5 Å². The number of nitrogens with zero attached hydrogens (tertiary/aromatic N) is 2. The van der Waals surface area contributed by atoms with Gasteiger partial charge in [-0.3, -0.25) is 9.78 Å². The fourth-order valence-electron chi connectivity index (χ4n) is 6.32. The minimum atomic E-state index is -4.52. The molecule has 1 aromatic heterocycles. The number of halogens is 3. The molecule has 4 heterocycles. The van der Waals surface area contributed by atoms with Crippen molar-refractivity contribution >= 4 is 15.7 Å². The lowest BCUT2D eigenvalue weighted by atomic mass is 9.80. The van der Waals surface area contributed by atoms with E-state index in [1.807, 2.05) is 0 Å². The van der Waals surface area contributed by atoms with Crippen molar-refractivity contribution in [2.75, 3.05) is 32.6 Å². The van der Waals surface area contributed by atoms with E-state index >= 15 is 0 Å². The fourth-order valence-corrected chi connectivity index (χ4v) is 8.79. The summed E-state index contributed by atoms with van der Waals surface area (Å²) in [5.41, 5.74) is -0.992. The first kappa shape index (κ1) is 24.9. The standard InChI is InChI=1S/C23H30F3N3O5S/c1-33-19-13-34-6-3-18(19)28-16-9-20-22(10-16,4-7-35(20,31)32)21(30)29-5-2-17-14(12-29)8-15(11-27-17)23(24,25)26/h8,11,16,18-20,28H,2-7,9-10,12-13H2,1H3/t16-,18?,19?,20-,22-/m1/s1. The highest BCUT2D eigenvalue weighted by Gasteiger charge is 2.63. The SMILES string of the molecule is COC1COCCC1N[C@@H]1C[C@@H]2[C@@](C(=O)N3CCc4ncc(C(F)(F)F)cc4C3)(CCS2(=O)=O)C1. The van der Waals surface area contributed by atoms with Crippen molar-refractivity contribution in [3.63, 3.8) is 0 Å². The zero-order valence-corrected chi connectivity index (χ0v) is 20.3. The zero-order valence-electron chi connectivity index (χ0n) is 19.5. The van der Waals surface area contributed by atoms with Gasteiger partial charge in [0, 0.05) is 57.2 Å². The molecule has 12 heteroatoms. The van der Waals surface area contributed by atoms with E-state index < -0.39 is 32.2 Å². The Morgan fingerprint density at radius 3 is 2.91 bits per heavy atom. The third kappa shape index (κ3) is 4.47. The first-order chi connectivity index (χ1) is 16.5. The van der Waals surface area contributed by atoms with Gasteiger partial charge in [-0.05, 0) is 37.3 Å². The average Bonchev–Trinajstić information content (AvgIpc) is 3.32. The number of ether oxygens (including phenoxy) is 2. The molecule has 1 saturated carbocycles. The van der Waals surface area contributed by atoms with E-state index in [4.69, 9.17) is 9.47 Å². The van der Waals surface area contributed by atoms with Crippen molar-refractivity contribution < 1.29 is 35.9 Å². The summed E-state index contributed by atoms with van der Waals surface area (Å²) in [7, 11) is -1.84. The third-order valence-corrected chi connectivity index (χ3v) is 10.4. The zero-order chi connectivity index (χ0) is 25.0. The number of methoxy groups -OCH3 is 1. The lowest BCUT2D eigenvalue weighted by Crippen LogP contribution is -2.51. The Bertz CT molecular complexity index is 1100. The van der Waals surface area contributed by atoms with E-state index in [-0.39, 0.29) is 42.8 Å². The van der Waals surface area contributed by atoms with Crippen molar-refractivity contribution in [3.05, 3.63) is 29.1 Å². The molecule has 5 atom stereocenters. The van der Waals surface area contributed by atoms with Crippen molar-refractivity contribution in [2.45, 2.75) is 68.3 Å². The number of pyridine rings is 1. The minimum absolute atomic E-state index is 0.00107. The summed E-state index contributed by atoms with van der Waals surface area (Å²) in [5, 5.41) is 2.74. The number of rotatable bonds is 4. The largest absolute Gasteiger partial charge is 0.417 e. The van der Waals surface area contributed by atoms with Gasteiger partial charge in [0.25, 0.3) is 0 Å². The van der Waals surface area contributed by atoms with Crippen LogP contribution in [-0.4, -0.2) is 80.3 Å². The molecule has 1 N–H and O–H groups in total. The highest BCUT2D eigenvalue weighted by molar-refractivity contribution is 7.92. The number of carbonyl (C=O) groups is 1. The van der Waals surface area contributed by atoms with Gasteiger partial charge in [0.05, 0.1) is 34.7 Å². The Kier molecular flexibility index (Phi) is 6.38. The maximum Gasteiger partial charge on any atom is 0.417 e. The lowest BCUT2D eigenvalue weighted by Gasteiger charge is -2.37. The monoisotopic (exact) mass is 517 g/mol. The molecule has 8 nitrogen and oxygen atoms in total. The maximum absolute atomic E-state index is 13.9. The molecule has 0 radical (unpaired) electrons. The molecular formula is C23H30F3N3O5S. The molecule has 1 aromatic rings. The van der Waals surface area contributed by atoms with Crippen LogP contribution < -0.4 is 5.32 Å². The molecule has 5 rings (SSSR count). The van der Waals surface area contributed by atoms with Gasteiger partial charge < -0.3 is 19.7 Å². The van der Waals surface area contributed by atoms with Crippen LogP contribution in [0.15, 0.2) is 12.3 Å². The molecule has 1 amide bonds. The smallest absolute Gasteiger partial charge is 0.379 e. The van der Waals surface area contributed by atoms with Crippen LogP contribution in [0.4, 0.5) is 13.2 Å². The number of fused-ring (bicyclic) bond motifs is 2. The quantitative estimate of drug-likeness (QED) is 0.650. The number of alkyl halides is 3. The summed E-state index contributed by atoms with van der Waals surface area (Å²) in [6.45, 7) is 1.34. The van der Waals surface area contributed by atoms with Crippen molar-refractivity contribution in [3.8, 4) is 0 Å². The topological polar surface area (TPSA) is 97.8 Å². The molecule has 35 heavy (non-hydrogen) atoms. The Morgan fingerprint density at radius 2 is 2.17 bits per heavy atom. The predicted molar refractivity (Wildman–Crippen MR) is 119 cm³/mol. The number of amides is 1. The Hall–Kier alpha value is -1.76. The molecule has 2 saturated heterocycles. The first-order valence-electron chi connectivity index (χ1n) is 12.0. The Balaban J connectivity index is 1.37. The van der Waals surface area contributed by atoms with E-state index in [2.05, 4.69) is 10.3 Å². The Morgan fingerprint density at radius 1 is 1.37 bits per heavy atom. The first-order valence-corrected chi connectivity index (χ1v) is 13.7. The molecule has 2 unspecified atom stereocenters. The maximum atomic E-state index is 13.9. The number of carbonyl (C=O) groups excluding carboxylic acids is 1. The number of hydrogen-bond acceptors (Lipinski definition) is 7. The van der Waals surface area contributed by atoms with E-state index in [1.165, 1.54) is 4.90 Å². The van der Waals surface area contributed by atoms with Crippen LogP contribution in [0.2, 0.25) is 0 Å². The summed E-state index contributed by atoms with van der Waals surface area (Å²) < 4.78 is 76.5. The summed E-state index contributed by atoms with van der Waals surface area (Å²) in [6.07, 6.45) is -1.82. The molecule has 3 fully saturated rings. The van der Waals surface area contributed by atoms with Gasteiger partial charge in [0.1, 0.15) is 0 Å². The van der Waals surface area contributed by atoms with Gasteiger partial charge in [0.2, 0.25) is 5.91 Å². The van der Waals surface area contributed by atoms with Gasteiger partial charge in [-0.15, -0.1) is 0 Å². The molecule has 0 aromatic carbocycles.